The van der Waals surface area contributed by atoms with E-state index in [1.807, 2.05) is 84.1 Å². The van der Waals surface area contributed by atoms with Crippen LogP contribution in [-0.4, -0.2) is 31.7 Å². The molecule has 148 valence electrons. The van der Waals surface area contributed by atoms with Crippen LogP contribution in [0.25, 0.3) is 11.3 Å². The molecule has 0 aliphatic heterocycles. The van der Waals surface area contributed by atoms with Gasteiger partial charge in [-0.25, -0.2) is 9.50 Å². The van der Waals surface area contributed by atoms with Crippen molar-refractivity contribution in [2.24, 2.45) is 0 Å². The van der Waals surface area contributed by atoms with Crippen molar-refractivity contribution in [2.45, 2.75) is 33.1 Å². The summed E-state index contributed by atoms with van der Waals surface area (Å²) in [6.07, 6.45) is 9.68. The minimum atomic E-state index is -0.203. The molecule has 0 amide bonds. The van der Waals surface area contributed by atoms with E-state index in [9.17, 15) is 4.79 Å². The molecule has 0 aliphatic carbocycles. The van der Waals surface area contributed by atoms with Crippen LogP contribution in [0.3, 0.4) is 0 Å². The van der Waals surface area contributed by atoms with Gasteiger partial charge >= 0.3 is 5.97 Å². The summed E-state index contributed by atoms with van der Waals surface area (Å²) in [5.74, 6) is -0.203. The number of benzene rings is 1. The average Bonchev–Trinajstić information content (AvgIpc) is 3.35. The molecular weight excluding hydrogens is 364 g/mol. The number of aromatic nitrogens is 4. The first kappa shape index (κ1) is 18.9. The van der Waals surface area contributed by atoms with Crippen molar-refractivity contribution >= 4 is 11.6 Å². The molecule has 6 heteroatoms. The monoisotopic (exact) mass is 388 g/mol. The Bertz CT molecular complexity index is 1110. The number of carbonyl (C=O) groups excluding carboxylic acids is 1. The van der Waals surface area contributed by atoms with Gasteiger partial charge in [-0.15, -0.1) is 0 Å². The average molecular weight is 388 g/mol. The predicted octanol–water partition coefficient (Wildman–Crippen LogP) is 3.86. The molecule has 3 aromatic heterocycles. The second-order valence-electron chi connectivity index (χ2n) is 7.20. The van der Waals surface area contributed by atoms with Gasteiger partial charge in [0, 0.05) is 36.0 Å². The fraction of sp³-hybridized carbons (Fsp3) is 0.261. The lowest BCUT2D eigenvalue weighted by molar-refractivity contribution is -0.142. The highest BCUT2D eigenvalue weighted by atomic mass is 16.5. The Balaban J connectivity index is 1.24. The largest absolute Gasteiger partial charge is 0.465 e. The quantitative estimate of drug-likeness (QED) is 0.356. The zero-order chi connectivity index (χ0) is 20.2. The third kappa shape index (κ3) is 4.37. The molecule has 0 saturated heterocycles. The van der Waals surface area contributed by atoms with E-state index >= 15 is 0 Å². The number of nitrogens with zero attached hydrogens (tertiary/aromatic N) is 4. The molecule has 4 rings (SSSR count). The Hall–Kier alpha value is -3.41. The Labute approximate surface area is 169 Å². The summed E-state index contributed by atoms with van der Waals surface area (Å²) >= 11 is 0. The number of aryl methyl sites for hydroxylation is 3. The molecule has 0 aliphatic rings. The van der Waals surface area contributed by atoms with Crippen molar-refractivity contribution < 1.29 is 9.53 Å². The van der Waals surface area contributed by atoms with Gasteiger partial charge in [-0.1, -0.05) is 12.1 Å². The van der Waals surface area contributed by atoms with Gasteiger partial charge in [-0.05, 0) is 62.1 Å². The number of ether oxygens (including phenoxy) is 1. The molecule has 0 radical (unpaired) electrons. The second-order valence-corrected chi connectivity index (χ2v) is 7.20. The summed E-state index contributed by atoms with van der Waals surface area (Å²) in [5.41, 5.74) is 6.08. The Morgan fingerprint density at radius 3 is 2.59 bits per heavy atom. The predicted molar refractivity (Wildman–Crippen MR) is 111 cm³/mol. The number of hydrogen-bond donors (Lipinski definition) is 0. The van der Waals surface area contributed by atoms with E-state index in [4.69, 9.17) is 4.74 Å². The van der Waals surface area contributed by atoms with Crippen LogP contribution in [0.4, 0.5) is 0 Å². The summed E-state index contributed by atoms with van der Waals surface area (Å²) in [6, 6.07) is 11.9. The molecule has 0 atom stereocenters. The summed E-state index contributed by atoms with van der Waals surface area (Å²) in [4.78, 5) is 16.6. The van der Waals surface area contributed by atoms with Crippen LogP contribution in [0.5, 0.6) is 0 Å². The fourth-order valence-electron chi connectivity index (χ4n) is 3.30. The summed E-state index contributed by atoms with van der Waals surface area (Å²) in [7, 11) is 0. The lowest BCUT2D eigenvalue weighted by Crippen LogP contribution is -2.10. The zero-order valence-electron chi connectivity index (χ0n) is 16.7. The van der Waals surface area contributed by atoms with Crippen molar-refractivity contribution in [3.05, 3.63) is 83.6 Å². The van der Waals surface area contributed by atoms with Crippen molar-refractivity contribution in [3.8, 4) is 5.69 Å². The maximum Gasteiger partial charge on any atom is 0.310 e. The minimum absolute atomic E-state index is 0.203. The van der Waals surface area contributed by atoms with Gasteiger partial charge in [0.15, 0.2) is 5.65 Å². The highest BCUT2D eigenvalue weighted by Gasteiger charge is 2.08. The number of hydrogen-bond acceptors (Lipinski definition) is 4. The maximum atomic E-state index is 12.1. The number of fused-ring (bicyclic) bond motifs is 1. The third-order valence-electron chi connectivity index (χ3n) is 5.05. The summed E-state index contributed by atoms with van der Waals surface area (Å²) in [5, 5.41) is 4.47. The van der Waals surface area contributed by atoms with Gasteiger partial charge in [-0.2, -0.15) is 5.10 Å². The lowest BCUT2D eigenvalue weighted by Gasteiger charge is -2.07. The van der Waals surface area contributed by atoms with Crippen LogP contribution >= 0.6 is 0 Å². The van der Waals surface area contributed by atoms with E-state index < -0.39 is 0 Å². The minimum Gasteiger partial charge on any atom is -0.465 e. The molecule has 0 spiro atoms. The first-order chi connectivity index (χ1) is 14.1. The number of esters is 1. The molecule has 3 heterocycles. The van der Waals surface area contributed by atoms with Gasteiger partial charge < -0.3 is 9.30 Å². The van der Waals surface area contributed by atoms with Gasteiger partial charge in [0.2, 0.25) is 0 Å². The first-order valence-corrected chi connectivity index (χ1v) is 9.78. The fourth-order valence-corrected chi connectivity index (χ4v) is 3.30. The SMILES string of the molecule is Cc1nn2cc(CCCOC(=O)Cc3ccc(-n4cccc4)cc3)cnc2c1C. The molecule has 4 aromatic rings. The molecule has 6 nitrogen and oxygen atoms in total. The third-order valence-corrected chi connectivity index (χ3v) is 5.05. The standard InChI is InChI=1S/C23H24N4O2/c1-17-18(2)25-27-16-20(15-24-23(17)27)6-5-13-29-22(28)14-19-7-9-21(10-8-19)26-11-3-4-12-26/h3-4,7-12,15-16H,5-6,13-14H2,1-2H3. The van der Waals surface area contributed by atoms with Gasteiger partial charge in [-0.3, -0.25) is 4.79 Å². The first-order valence-electron chi connectivity index (χ1n) is 9.78. The van der Waals surface area contributed by atoms with E-state index in [1.165, 1.54) is 0 Å². The van der Waals surface area contributed by atoms with Crippen molar-refractivity contribution in [2.75, 3.05) is 6.61 Å². The molecule has 29 heavy (non-hydrogen) atoms. The van der Waals surface area contributed by atoms with Crippen molar-refractivity contribution in [3.63, 3.8) is 0 Å². The highest BCUT2D eigenvalue weighted by Crippen LogP contribution is 2.13. The van der Waals surface area contributed by atoms with E-state index in [-0.39, 0.29) is 12.4 Å². The normalized spacial score (nSPS) is 11.1. The van der Waals surface area contributed by atoms with Crippen LogP contribution in [0.15, 0.2) is 61.2 Å². The van der Waals surface area contributed by atoms with E-state index in [0.29, 0.717) is 6.61 Å². The molecule has 0 fully saturated rings. The van der Waals surface area contributed by atoms with Crippen molar-refractivity contribution in [1.82, 2.24) is 19.2 Å². The highest BCUT2D eigenvalue weighted by molar-refractivity contribution is 5.72. The molecule has 0 unspecified atom stereocenters. The van der Waals surface area contributed by atoms with E-state index in [0.717, 1.165) is 46.6 Å². The summed E-state index contributed by atoms with van der Waals surface area (Å²) in [6.45, 7) is 4.41. The Morgan fingerprint density at radius 2 is 1.83 bits per heavy atom. The van der Waals surface area contributed by atoms with Gasteiger partial charge in [0.25, 0.3) is 0 Å². The van der Waals surface area contributed by atoms with Crippen LogP contribution < -0.4 is 0 Å². The Kier molecular flexibility index (Phi) is 5.42. The van der Waals surface area contributed by atoms with Gasteiger partial charge in [0.1, 0.15) is 0 Å². The smallest absolute Gasteiger partial charge is 0.310 e. The molecule has 0 saturated carbocycles. The van der Waals surface area contributed by atoms with Crippen LogP contribution in [0.2, 0.25) is 0 Å². The molecule has 0 bridgehead atoms. The second kappa shape index (κ2) is 8.31. The van der Waals surface area contributed by atoms with Crippen LogP contribution in [-0.2, 0) is 22.4 Å². The molecular formula is C23H24N4O2. The van der Waals surface area contributed by atoms with Crippen LogP contribution in [0.1, 0.15) is 28.8 Å². The van der Waals surface area contributed by atoms with Gasteiger partial charge in [0.05, 0.1) is 18.7 Å². The Morgan fingerprint density at radius 1 is 1.07 bits per heavy atom. The number of carbonyl (C=O) groups is 1. The zero-order valence-corrected chi connectivity index (χ0v) is 16.7. The maximum absolute atomic E-state index is 12.1. The number of rotatable bonds is 7. The van der Waals surface area contributed by atoms with Crippen LogP contribution in [0, 0.1) is 13.8 Å². The summed E-state index contributed by atoms with van der Waals surface area (Å²) < 4.78 is 9.24. The topological polar surface area (TPSA) is 61.4 Å². The molecule has 1 aromatic carbocycles. The van der Waals surface area contributed by atoms with Crippen molar-refractivity contribution in [1.29, 1.82) is 0 Å². The molecule has 0 N–H and O–H groups in total. The lowest BCUT2D eigenvalue weighted by atomic mass is 10.1. The van der Waals surface area contributed by atoms with E-state index in [2.05, 4.69) is 10.1 Å². The van der Waals surface area contributed by atoms with E-state index in [1.54, 1.807) is 0 Å².